The Labute approximate surface area is 155 Å². The van der Waals surface area contributed by atoms with Crippen LogP contribution in [0.5, 0.6) is 0 Å². The summed E-state index contributed by atoms with van der Waals surface area (Å²) in [6.45, 7) is 11.0. The second-order valence-corrected chi connectivity index (χ2v) is 7.06. The summed E-state index contributed by atoms with van der Waals surface area (Å²) in [5, 5.41) is 10.1. The highest BCUT2D eigenvalue weighted by Crippen LogP contribution is 2.19. The fourth-order valence-electron chi connectivity index (χ4n) is 2.91. The zero-order chi connectivity index (χ0) is 19.4. The van der Waals surface area contributed by atoms with E-state index in [1.54, 1.807) is 19.2 Å². The minimum Gasteiger partial charge on any atom is -0.355 e. The lowest BCUT2D eigenvalue weighted by molar-refractivity contribution is -0.115. The third-order valence-corrected chi connectivity index (χ3v) is 4.41. The van der Waals surface area contributed by atoms with Crippen molar-refractivity contribution in [2.75, 3.05) is 12.4 Å². The molecule has 1 heterocycles. The molecule has 0 saturated heterocycles. The van der Waals surface area contributed by atoms with Crippen molar-refractivity contribution in [2.24, 2.45) is 5.92 Å². The van der Waals surface area contributed by atoms with Crippen molar-refractivity contribution in [3.05, 3.63) is 46.3 Å². The Morgan fingerprint density at radius 1 is 1.19 bits per heavy atom. The van der Waals surface area contributed by atoms with E-state index in [4.69, 9.17) is 0 Å². The van der Waals surface area contributed by atoms with E-state index in [-0.39, 0.29) is 18.2 Å². The maximum absolute atomic E-state index is 12.6. The molecule has 0 bridgehead atoms. The van der Waals surface area contributed by atoms with Gasteiger partial charge in [-0.1, -0.05) is 19.9 Å². The van der Waals surface area contributed by atoms with Gasteiger partial charge < -0.3 is 10.6 Å². The zero-order valence-corrected chi connectivity index (χ0v) is 16.4. The van der Waals surface area contributed by atoms with Gasteiger partial charge in [-0.15, -0.1) is 0 Å². The summed E-state index contributed by atoms with van der Waals surface area (Å²) in [5.41, 5.74) is 4.96. The second kappa shape index (κ2) is 8.17. The van der Waals surface area contributed by atoms with Crippen molar-refractivity contribution in [1.82, 2.24) is 15.1 Å². The second-order valence-electron chi connectivity index (χ2n) is 7.06. The van der Waals surface area contributed by atoms with Gasteiger partial charge in [-0.25, -0.2) is 0 Å². The number of hydrogen-bond donors (Lipinski definition) is 2. The molecule has 2 aromatic rings. The maximum Gasteiger partial charge on any atom is 0.251 e. The number of carbonyl (C=O) groups excluding carboxylic acids is 2. The van der Waals surface area contributed by atoms with E-state index >= 15 is 0 Å². The van der Waals surface area contributed by atoms with Crippen LogP contribution in [0.4, 0.5) is 5.69 Å². The normalized spacial score (nSPS) is 10.9. The number of carbonyl (C=O) groups is 2. The third kappa shape index (κ3) is 4.50. The van der Waals surface area contributed by atoms with Crippen LogP contribution in [-0.2, 0) is 17.8 Å². The van der Waals surface area contributed by atoms with Crippen LogP contribution in [0.2, 0.25) is 0 Å². The highest BCUT2D eigenvalue weighted by Gasteiger charge is 2.16. The first kappa shape index (κ1) is 19.7. The fraction of sp³-hybridized carbons (Fsp3) is 0.450. The molecule has 0 aliphatic heterocycles. The van der Waals surface area contributed by atoms with Crippen molar-refractivity contribution in [3.8, 4) is 0 Å². The molecule has 6 heteroatoms. The average Bonchev–Trinajstić information content (AvgIpc) is 2.83. The van der Waals surface area contributed by atoms with Gasteiger partial charge in [0.05, 0.1) is 12.1 Å². The number of aryl methyl sites for hydroxylation is 2. The van der Waals surface area contributed by atoms with Crippen molar-refractivity contribution in [1.29, 1.82) is 0 Å². The van der Waals surface area contributed by atoms with Crippen molar-refractivity contribution in [3.63, 3.8) is 0 Å². The van der Waals surface area contributed by atoms with Gasteiger partial charge in [-0.3, -0.25) is 14.3 Å². The van der Waals surface area contributed by atoms with Crippen molar-refractivity contribution >= 4 is 17.5 Å². The summed E-state index contributed by atoms with van der Waals surface area (Å²) in [6, 6.07) is 5.28. The molecule has 26 heavy (non-hydrogen) atoms. The quantitative estimate of drug-likeness (QED) is 0.835. The predicted octanol–water partition coefficient (Wildman–Crippen LogP) is 3.01. The molecule has 6 nitrogen and oxygen atoms in total. The average molecular weight is 356 g/mol. The van der Waals surface area contributed by atoms with Crippen LogP contribution in [0.1, 0.15) is 46.7 Å². The summed E-state index contributed by atoms with van der Waals surface area (Å²) >= 11 is 0. The predicted molar refractivity (Wildman–Crippen MR) is 103 cm³/mol. The van der Waals surface area contributed by atoms with Gasteiger partial charge in [0.1, 0.15) is 0 Å². The molecule has 140 valence electrons. The van der Waals surface area contributed by atoms with Gasteiger partial charge in [0.2, 0.25) is 5.91 Å². The van der Waals surface area contributed by atoms with E-state index in [0.717, 1.165) is 29.1 Å². The Morgan fingerprint density at radius 2 is 1.88 bits per heavy atom. The van der Waals surface area contributed by atoms with Gasteiger partial charge >= 0.3 is 0 Å². The van der Waals surface area contributed by atoms with Crippen LogP contribution in [0.25, 0.3) is 0 Å². The monoisotopic (exact) mass is 356 g/mol. The first-order valence-electron chi connectivity index (χ1n) is 8.88. The molecule has 2 rings (SSSR count). The molecule has 0 aliphatic rings. The van der Waals surface area contributed by atoms with Crippen LogP contribution >= 0.6 is 0 Å². The standard InChI is InChI=1S/C20H28N4O2/c1-12(2)11-24-15(5)17(14(4)23-24)10-19(25)22-18-9-16(20(26)21-6)8-7-13(18)3/h7-9,12H,10-11H2,1-6H3,(H,21,26)(H,22,25). The molecule has 0 spiro atoms. The molecule has 2 amide bonds. The highest BCUT2D eigenvalue weighted by molar-refractivity contribution is 5.98. The largest absolute Gasteiger partial charge is 0.355 e. The van der Waals surface area contributed by atoms with E-state index in [1.165, 1.54) is 0 Å². The minimum absolute atomic E-state index is 0.113. The molecule has 0 unspecified atom stereocenters. The first-order valence-corrected chi connectivity index (χ1v) is 8.88. The van der Waals surface area contributed by atoms with Crippen molar-refractivity contribution in [2.45, 2.75) is 47.6 Å². The minimum atomic E-state index is -0.179. The lowest BCUT2D eigenvalue weighted by Crippen LogP contribution is -2.19. The zero-order valence-electron chi connectivity index (χ0n) is 16.4. The molecular formula is C20H28N4O2. The van der Waals surface area contributed by atoms with Crippen molar-refractivity contribution < 1.29 is 9.59 Å². The Balaban J connectivity index is 2.17. The van der Waals surface area contributed by atoms with Crippen LogP contribution in [0.15, 0.2) is 18.2 Å². The summed E-state index contributed by atoms with van der Waals surface area (Å²) in [5.74, 6) is 0.199. The summed E-state index contributed by atoms with van der Waals surface area (Å²) in [7, 11) is 1.58. The molecule has 0 aliphatic carbocycles. The smallest absolute Gasteiger partial charge is 0.251 e. The van der Waals surface area contributed by atoms with Gasteiger partial charge in [0.25, 0.3) is 5.91 Å². The SMILES string of the molecule is CNC(=O)c1ccc(C)c(NC(=O)Cc2c(C)nn(CC(C)C)c2C)c1. The van der Waals surface area contributed by atoms with E-state index < -0.39 is 0 Å². The number of anilines is 1. The van der Waals surface area contributed by atoms with E-state index in [0.29, 0.717) is 17.2 Å². The lowest BCUT2D eigenvalue weighted by atomic mass is 10.1. The van der Waals surface area contributed by atoms with Gasteiger partial charge in [-0.2, -0.15) is 5.10 Å². The van der Waals surface area contributed by atoms with Crippen LogP contribution in [0.3, 0.4) is 0 Å². The molecule has 0 radical (unpaired) electrons. The summed E-state index contributed by atoms with van der Waals surface area (Å²) < 4.78 is 1.97. The Morgan fingerprint density at radius 3 is 2.50 bits per heavy atom. The van der Waals surface area contributed by atoms with Crippen LogP contribution in [-0.4, -0.2) is 28.6 Å². The number of rotatable bonds is 6. The number of benzene rings is 1. The highest BCUT2D eigenvalue weighted by atomic mass is 16.2. The number of nitrogens with one attached hydrogen (secondary N) is 2. The molecular weight excluding hydrogens is 328 g/mol. The van der Waals surface area contributed by atoms with E-state index in [1.807, 2.05) is 31.5 Å². The summed E-state index contributed by atoms with van der Waals surface area (Å²) in [4.78, 5) is 24.4. The van der Waals surface area contributed by atoms with Crippen LogP contribution < -0.4 is 10.6 Å². The molecule has 1 aromatic carbocycles. The molecule has 0 saturated carbocycles. The maximum atomic E-state index is 12.6. The number of aromatic nitrogens is 2. The molecule has 1 aromatic heterocycles. The Hall–Kier alpha value is -2.63. The Kier molecular flexibility index (Phi) is 6.18. The summed E-state index contributed by atoms with van der Waals surface area (Å²) in [6.07, 6.45) is 0.263. The molecule has 0 atom stereocenters. The Bertz CT molecular complexity index is 821. The topological polar surface area (TPSA) is 76.0 Å². The van der Waals surface area contributed by atoms with Gasteiger partial charge in [0.15, 0.2) is 0 Å². The fourth-order valence-corrected chi connectivity index (χ4v) is 2.91. The third-order valence-electron chi connectivity index (χ3n) is 4.41. The molecule has 0 fully saturated rings. The van der Waals surface area contributed by atoms with Crippen LogP contribution in [0, 0.1) is 26.7 Å². The van der Waals surface area contributed by atoms with E-state index in [2.05, 4.69) is 29.6 Å². The number of nitrogens with zero attached hydrogens (tertiary/aromatic N) is 2. The lowest BCUT2D eigenvalue weighted by Gasteiger charge is -2.11. The molecule has 2 N–H and O–H groups in total. The number of amides is 2. The number of hydrogen-bond acceptors (Lipinski definition) is 3. The van der Waals surface area contributed by atoms with Gasteiger partial charge in [0, 0.05) is 36.1 Å². The van der Waals surface area contributed by atoms with E-state index in [9.17, 15) is 9.59 Å². The first-order chi connectivity index (χ1) is 12.2. The van der Waals surface area contributed by atoms with Gasteiger partial charge in [-0.05, 0) is 44.4 Å².